The third-order valence-corrected chi connectivity index (χ3v) is 6.10. The summed E-state index contributed by atoms with van der Waals surface area (Å²) in [6.45, 7) is 2.36. The van der Waals surface area contributed by atoms with E-state index in [9.17, 15) is 9.18 Å². The lowest BCUT2D eigenvalue weighted by molar-refractivity contribution is -0.136. The van der Waals surface area contributed by atoms with Crippen LogP contribution in [0.3, 0.4) is 0 Å². The third kappa shape index (κ3) is 4.88. The third-order valence-electron chi connectivity index (χ3n) is 6.10. The van der Waals surface area contributed by atoms with Crippen LogP contribution in [0, 0.1) is 0 Å². The van der Waals surface area contributed by atoms with E-state index in [1.807, 2.05) is 24.3 Å². The first-order valence-electron chi connectivity index (χ1n) is 10.8. The first kappa shape index (κ1) is 21.3. The minimum absolute atomic E-state index is 0.112. The van der Waals surface area contributed by atoms with E-state index in [-0.39, 0.29) is 6.42 Å². The van der Waals surface area contributed by atoms with Crippen molar-refractivity contribution in [3.8, 4) is 16.9 Å². The van der Waals surface area contributed by atoms with Crippen LogP contribution in [0.15, 0.2) is 54.6 Å². The van der Waals surface area contributed by atoms with E-state index in [0.29, 0.717) is 19.3 Å². The molecule has 0 spiro atoms. The van der Waals surface area contributed by atoms with Crippen molar-refractivity contribution in [1.29, 1.82) is 0 Å². The van der Waals surface area contributed by atoms with Gasteiger partial charge >= 0.3 is 5.97 Å². The van der Waals surface area contributed by atoms with Crippen LogP contribution >= 0.6 is 0 Å². The predicted octanol–water partition coefficient (Wildman–Crippen LogP) is 5.47. The number of alkyl halides is 1. The fraction of sp³-hybridized carbons (Fsp3) is 0.346. The van der Waals surface area contributed by atoms with Crippen LogP contribution in [-0.4, -0.2) is 42.3 Å². The number of carboxylic acids is 1. The van der Waals surface area contributed by atoms with E-state index in [2.05, 4.69) is 35.2 Å². The lowest BCUT2D eigenvalue weighted by atomic mass is 9.93. The molecule has 3 aromatic carbocycles. The van der Waals surface area contributed by atoms with Crippen molar-refractivity contribution < 1.29 is 19.0 Å². The van der Waals surface area contributed by atoms with Gasteiger partial charge in [0.25, 0.3) is 0 Å². The number of nitrogens with zero attached hydrogens (tertiary/aromatic N) is 1. The number of aliphatic carboxylic acids is 1. The van der Waals surface area contributed by atoms with Gasteiger partial charge in [-0.2, -0.15) is 0 Å². The molecule has 0 unspecified atom stereocenters. The maximum Gasteiger partial charge on any atom is 0.303 e. The number of halogens is 1. The number of methoxy groups -OCH3 is 1. The molecule has 31 heavy (non-hydrogen) atoms. The molecule has 0 saturated carbocycles. The van der Waals surface area contributed by atoms with Crippen LogP contribution in [0.1, 0.15) is 30.4 Å². The number of hydrogen-bond acceptors (Lipinski definition) is 3. The Morgan fingerprint density at radius 2 is 1.81 bits per heavy atom. The van der Waals surface area contributed by atoms with E-state index in [4.69, 9.17) is 9.84 Å². The average Bonchev–Trinajstić information content (AvgIpc) is 2.78. The molecule has 5 heteroatoms. The zero-order valence-corrected chi connectivity index (χ0v) is 17.8. The number of likely N-dealkylation sites (tertiary alicyclic amines) is 1. The number of benzene rings is 3. The van der Waals surface area contributed by atoms with Crippen molar-refractivity contribution in [3.05, 3.63) is 65.7 Å². The molecular formula is C26H28FNO3. The van der Waals surface area contributed by atoms with Gasteiger partial charge in [0.1, 0.15) is 11.9 Å². The summed E-state index contributed by atoms with van der Waals surface area (Å²) in [6, 6.07) is 18.5. The highest BCUT2D eigenvalue weighted by Crippen LogP contribution is 2.37. The van der Waals surface area contributed by atoms with Gasteiger partial charge in [0, 0.05) is 31.6 Å². The molecule has 0 amide bonds. The van der Waals surface area contributed by atoms with Gasteiger partial charge in [-0.25, -0.2) is 4.39 Å². The molecule has 1 aliphatic rings. The second-order valence-electron chi connectivity index (χ2n) is 8.20. The summed E-state index contributed by atoms with van der Waals surface area (Å²) in [5, 5.41) is 11.2. The highest BCUT2D eigenvalue weighted by Gasteiger charge is 2.19. The smallest absolute Gasteiger partial charge is 0.303 e. The van der Waals surface area contributed by atoms with Gasteiger partial charge in [-0.05, 0) is 52.8 Å². The molecule has 1 fully saturated rings. The zero-order valence-electron chi connectivity index (χ0n) is 17.8. The number of aryl methyl sites for hydroxylation is 1. The van der Waals surface area contributed by atoms with Gasteiger partial charge in [0.2, 0.25) is 0 Å². The van der Waals surface area contributed by atoms with Crippen LogP contribution in [0.5, 0.6) is 5.75 Å². The molecule has 0 bridgehead atoms. The van der Waals surface area contributed by atoms with E-state index < -0.39 is 12.1 Å². The number of hydrogen-bond donors (Lipinski definition) is 1. The summed E-state index contributed by atoms with van der Waals surface area (Å²) >= 11 is 0. The Labute approximate surface area is 182 Å². The SMILES string of the molecule is COc1cc(CN2CCC(F)CC2)ccc1-c1cccc2c(CCC(=O)O)cccc12. The summed E-state index contributed by atoms with van der Waals surface area (Å²) in [4.78, 5) is 13.3. The van der Waals surface area contributed by atoms with Crippen molar-refractivity contribution in [1.82, 2.24) is 4.90 Å². The molecule has 162 valence electrons. The van der Waals surface area contributed by atoms with Crippen molar-refractivity contribution in [2.75, 3.05) is 20.2 Å². The Morgan fingerprint density at radius 1 is 1.06 bits per heavy atom. The maximum absolute atomic E-state index is 13.4. The van der Waals surface area contributed by atoms with Gasteiger partial charge in [0.05, 0.1) is 7.11 Å². The largest absolute Gasteiger partial charge is 0.496 e. The van der Waals surface area contributed by atoms with Crippen LogP contribution in [0.2, 0.25) is 0 Å². The second kappa shape index (κ2) is 9.48. The molecule has 1 heterocycles. The van der Waals surface area contributed by atoms with Crippen LogP contribution in [-0.2, 0) is 17.8 Å². The molecule has 0 aliphatic carbocycles. The molecule has 0 radical (unpaired) electrons. The summed E-state index contributed by atoms with van der Waals surface area (Å²) in [6.07, 6.45) is 1.16. The van der Waals surface area contributed by atoms with Crippen LogP contribution in [0.25, 0.3) is 21.9 Å². The number of ether oxygens (including phenoxy) is 1. The van der Waals surface area contributed by atoms with Crippen molar-refractivity contribution in [3.63, 3.8) is 0 Å². The molecule has 4 rings (SSSR count). The number of carboxylic acid groups (broad SMARTS) is 1. The molecule has 0 aromatic heterocycles. The van der Waals surface area contributed by atoms with Gasteiger partial charge in [-0.3, -0.25) is 9.69 Å². The first-order valence-corrected chi connectivity index (χ1v) is 10.8. The Balaban J connectivity index is 1.65. The fourth-order valence-electron chi connectivity index (χ4n) is 4.44. The normalized spacial score (nSPS) is 15.3. The predicted molar refractivity (Wildman–Crippen MR) is 121 cm³/mol. The van der Waals surface area contributed by atoms with Gasteiger partial charge in [-0.1, -0.05) is 48.5 Å². The first-order chi connectivity index (χ1) is 15.0. The molecular weight excluding hydrogens is 393 g/mol. The lowest BCUT2D eigenvalue weighted by Crippen LogP contribution is -2.33. The Kier molecular flexibility index (Phi) is 6.52. The van der Waals surface area contributed by atoms with Gasteiger partial charge in [0.15, 0.2) is 0 Å². The lowest BCUT2D eigenvalue weighted by Gasteiger charge is -2.28. The van der Waals surface area contributed by atoms with Crippen LogP contribution in [0.4, 0.5) is 4.39 Å². The molecule has 1 aliphatic heterocycles. The number of rotatable bonds is 7. The molecule has 3 aromatic rings. The number of carbonyl (C=O) groups is 1. The van der Waals surface area contributed by atoms with Gasteiger partial charge < -0.3 is 9.84 Å². The standard InChI is InChI=1S/C26H28FNO3/c1-31-25-16-18(17-28-14-12-20(27)13-15-28)8-10-24(25)23-7-3-5-21-19(9-11-26(29)30)4-2-6-22(21)23/h2-8,10,16,20H,9,11-15,17H2,1H3,(H,29,30). The monoisotopic (exact) mass is 421 g/mol. The van der Waals surface area contributed by atoms with E-state index in [0.717, 1.165) is 58.4 Å². The van der Waals surface area contributed by atoms with Crippen LogP contribution < -0.4 is 4.74 Å². The summed E-state index contributed by atoms with van der Waals surface area (Å²) in [5.74, 6) is 0.0162. The minimum atomic E-state index is -0.791. The highest BCUT2D eigenvalue weighted by atomic mass is 19.1. The van der Waals surface area contributed by atoms with Crippen molar-refractivity contribution in [2.24, 2.45) is 0 Å². The number of piperidine rings is 1. The maximum atomic E-state index is 13.4. The summed E-state index contributed by atoms with van der Waals surface area (Å²) in [7, 11) is 1.68. The zero-order chi connectivity index (χ0) is 21.8. The molecule has 1 N–H and O–H groups in total. The summed E-state index contributed by atoms with van der Waals surface area (Å²) < 4.78 is 19.2. The topological polar surface area (TPSA) is 49.8 Å². The molecule has 4 nitrogen and oxygen atoms in total. The average molecular weight is 422 g/mol. The number of fused-ring (bicyclic) bond motifs is 1. The summed E-state index contributed by atoms with van der Waals surface area (Å²) in [5.41, 5.74) is 4.26. The van der Waals surface area contributed by atoms with Gasteiger partial charge in [-0.15, -0.1) is 0 Å². The molecule has 1 saturated heterocycles. The quantitative estimate of drug-likeness (QED) is 0.550. The van der Waals surface area contributed by atoms with E-state index in [1.54, 1.807) is 7.11 Å². The minimum Gasteiger partial charge on any atom is -0.496 e. The Morgan fingerprint density at radius 3 is 2.55 bits per heavy atom. The van der Waals surface area contributed by atoms with E-state index >= 15 is 0 Å². The van der Waals surface area contributed by atoms with Crippen molar-refractivity contribution >= 4 is 16.7 Å². The Hall–Kier alpha value is -2.92. The fourth-order valence-corrected chi connectivity index (χ4v) is 4.44. The van der Waals surface area contributed by atoms with Crippen molar-refractivity contribution in [2.45, 2.75) is 38.4 Å². The second-order valence-corrected chi connectivity index (χ2v) is 8.20. The highest BCUT2D eigenvalue weighted by molar-refractivity contribution is 5.99. The Bertz CT molecular complexity index is 1070. The molecule has 0 atom stereocenters. The van der Waals surface area contributed by atoms with E-state index in [1.165, 1.54) is 0 Å².